The average Bonchev–Trinajstić information content (AvgIpc) is 2.85. The molecule has 2 aliphatic rings. The van der Waals surface area contributed by atoms with Crippen LogP contribution in [0.5, 0.6) is 5.75 Å². The molecule has 0 radical (unpaired) electrons. The summed E-state index contributed by atoms with van der Waals surface area (Å²) in [7, 11) is 2.06. The molecule has 3 rings (SSSR count). The number of likely N-dealkylation sites (N-methyl/N-ethyl adjacent to an activating group) is 1. The van der Waals surface area contributed by atoms with E-state index in [0.717, 1.165) is 25.6 Å². The number of benzene rings is 1. The topological polar surface area (TPSA) is 30.5 Å². The van der Waals surface area contributed by atoms with Crippen molar-refractivity contribution in [2.75, 3.05) is 26.9 Å². The van der Waals surface area contributed by atoms with Gasteiger partial charge in [0.15, 0.2) is 0 Å². The molecule has 2 aliphatic heterocycles. The molecular formula is C15H21NO2. The lowest BCUT2D eigenvalue weighted by Crippen LogP contribution is -2.43. The second-order valence-corrected chi connectivity index (χ2v) is 5.25. The maximum Gasteiger partial charge on any atom is 0.122 e. The van der Waals surface area contributed by atoms with Gasteiger partial charge in [0.1, 0.15) is 5.75 Å². The highest BCUT2D eigenvalue weighted by atomic mass is 16.5. The van der Waals surface area contributed by atoms with Gasteiger partial charge in [-0.2, -0.15) is 0 Å². The van der Waals surface area contributed by atoms with Gasteiger partial charge in [-0.3, -0.25) is 0 Å². The molecule has 0 bridgehead atoms. The smallest absolute Gasteiger partial charge is 0.122 e. The number of nitrogens with one attached hydrogen (secondary N) is 1. The highest BCUT2D eigenvalue weighted by molar-refractivity contribution is 5.40. The Morgan fingerprint density at radius 1 is 1.28 bits per heavy atom. The van der Waals surface area contributed by atoms with Crippen LogP contribution in [0.1, 0.15) is 24.3 Å². The van der Waals surface area contributed by atoms with Crippen molar-refractivity contribution in [2.24, 2.45) is 5.92 Å². The van der Waals surface area contributed by atoms with Crippen LogP contribution in [0, 0.1) is 5.92 Å². The van der Waals surface area contributed by atoms with Gasteiger partial charge in [0.2, 0.25) is 0 Å². The Balaban J connectivity index is 1.80. The molecule has 3 nitrogen and oxygen atoms in total. The third kappa shape index (κ3) is 2.13. The molecule has 0 aromatic heterocycles. The van der Waals surface area contributed by atoms with E-state index in [1.54, 1.807) is 0 Å². The van der Waals surface area contributed by atoms with E-state index in [9.17, 15) is 0 Å². The molecule has 0 aliphatic carbocycles. The minimum absolute atomic E-state index is 0.453. The molecule has 1 aromatic rings. The van der Waals surface area contributed by atoms with Gasteiger partial charge in [-0.25, -0.2) is 0 Å². The van der Waals surface area contributed by atoms with E-state index >= 15 is 0 Å². The van der Waals surface area contributed by atoms with Crippen LogP contribution < -0.4 is 10.1 Å². The lowest BCUT2D eigenvalue weighted by molar-refractivity contribution is 0.0347. The highest BCUT2D eigenvalue weighted by Crippen LogP contribution is 2.38. The first-order valence-corrected chi connectivity index (χ1v) is 6.87. The summed E-state index contributed by atoms with van der Waals surface area (Å²) in [5, 5.41) is 3.49. The van der Waals surface area contributed by atoms with Crippen LogP contribution in [0.25, 0.3) is 0 Å². The monoisotopic (exact) mass is 247 g/mol. The third-order valence-corrected chi connectivity index (χ3v) is 4.21. The minimum Gasteiger partial charge on any atom is -0.493 e. The summed E-state index contributed by atoms with van der Waals surface area (Å²) in [6.45, 7) is 2.59. The molecule has 3 atom stereocenters. The summed E-state index contributed by atoms with van der Waals surface area (Å²) in [4.78, 5) is 0. The summed E-state index contributed by atoms with van der Waals surface area (Å²) in [6, 6.07) is 8.86. The Hall–Kier alpha value is -1.06. The maximum absolute atomic E-state index is 5.80. The summed E-state index contributed by atoms with van der Waals surface area (Å²) in [5.74, 6) is 2.11. The normalized spacial score (nSPS) is 28.5. The fraction of sp³-hybridized carbons (Fsp3) is 0.600. The van der Waals surface area contributed by atoms with Crippen molar-refractivity contribution >= 4 is 0 Å². The zero-order valence-corrected chi connectivity index (χ0v) is 10.9. The zero-order valence-electron chi connectivity index (χ0n) is 10.9. The Morgan fingerprint density at radius 2 is 2.17 bits per heavy atom. The number of hydrogen-bond donors (Lipinski definition) is 1. The maximum atomic E-state index is 5.80. The van der Waals surface area contributed by atoms with Gasteiger partial charge >= 0.3 is 0 Å². The number of rotatable bonds is 3. The first-order valence-electron chi connectivity index (χ1n) is 6.87. The summed E-state index contributed by atoms with van der Waals surface area (Å²) >= 11 is 0. The predicted molar refractivity (Wildman–Crippen MR) is 71.1 cm³/mol. The van der Waals surface area contributed by atoms with Crippen molar-refractivity contribution in [2.45, 2.75) is 24.8 Å². The number of para-hydroxylation sites is 1. The van der Waals surface area contributed by atoms with E-state index in [-0.39, 0.29) is 0 Å². The Kier molecular flexibility index (Phi) is 3.52. The Bertz CT molecular complexity index is 401. The molecule has 1 saturated heterocycles. The molecule has 3 heteroatoms. The first-order chi connectivity index (χ1) is 8.90. The Morgan fingerprint density at radius 3 is 2.94 bits per heavy atom. The molecule has 18 heavy (non-hydrogen) atoms. The van der Waals surface area contributed by atoms with Crippen molar-refractivity contribution < 1.29 is 9.47 Å². The van der Waals surface area contributed by atoms with Gasteiger partial charge in [0.05, 0.1) is 13.2 Å². The first kappa shape index (κ1) is 12.0. The lowest BCUT2D eigenvalue weighted by Gasteiger charge is -2.33. The summed E-state index contributed by atoms with van der Waals surface area (Å²) in [6.07, 6.45) is 2.43. The molecule has 98 valence electrons. The van der Waals surface area contributed by atoms with Gasteiger partial charge in [0.25, 0.3) is 0 Å². The van der Waals surface area contributed by atoms with E-state index in [1.165, 1.54) is 18.4 Å². The molecule has 1 aromatic carbocycles. The fourth-order valence-corrected chi connectivity index (χ4v) is 3.30. The summed E-state index contributed by atoms with van der Waals surface area (Å²) in [5.41, 5.74) is 1.35. The third-order valence-electron chi connectivity index (χ3n) is 4.21. The van der Waals surface area contributed by atoms with E-state index in [1.807, 2.05) is 6.07 Å². The van der Waals surface area contributed by atoms with E-state index in [2.05, 4.69) is 30.6 Å². The molecule has 0 spiro atoms. The van der Waals surface area contributed by atoms with Crippen molar-refractivity contribution in [3.8, 4) is 5.75 Å². The number of ether oxygens (including phenoxy) is 2. The van der Waals surface area contributed by atoms with Crippen LogP contribution in [-0.2, 0) is 4.74 Å². The second-order valence-electron chi connectivity index (χ2n) is 5.25. The molecular weight excluding hydrogens is 226 g/mol. The largest absolute Gasteiger partial charge is 0.493 e. The van der Waals surface area contributed by atoms with E-state index < -0.39 is 0 Å². The van der Waals surface area contributed by atoms with Crippen LogP contribution in [0.15, 0.2) is 24.3 Å². The Labute approximate surface area is 108 Å². The predicted octanol–water partition coefficient (Wildman–Crippen LogP) is 2.18. The standard InChI is InChI=1S/C15H21NO2/c1-16-15(11-5-4-8-17-9-11)13-10-18-14-7-3-2-6-12(13)14/h2-3,6-7,11,13,15-16H,4-5,8-10H2,1H3. The van der Waals surface area contributed by atoms with Crippen LogP contribution in [0.3, 0.4) is 0 Å². The molecule has 3 unspecified atom stereocenters. The van der Waals surface area contributed by atoms with Gasteiger partial charge in [-0.1, -0.05) is 18.2 Å². The van der Waals surface area contributed by atoms with Crippen molar-refractivity contribution in [1.82, 2.24) is 5.32 Å². The minimum atomic E-state index is 0.453. The van der Waals surface area contributed by atoms with Gasteiger partial charge in [0, 0.05) is 24.1 Å². The molecule has 0 amide bonds. The van der Waals surface area contributed by atoms with Crippen molar-refractivity contribution in [1.29, 1.82) is 0 Å². The number of hydrogen-bond acceptors (Lipinski definition) is 3. The number of fused-ring (bicyclic) bond motifs is 1. The quantitative estimate of drug-likeness (QED) is 0.888. The van der Waals surface area contributed by atoms with Crippen LogP contribution in [0.2, 0.25) is 0 Å². The van der Waals surface area contributed by atoms with E-state index in [4.69, 9.17) is 9.47 Å². The van der Waals surface area contributed by atoms with E-state index in [0.29, 0.717) is 17.9 Å². The SMILES string of the molecule is CNC(C1CCCOC1)C1COc2ccccc21. The lowest BCUT2D eigenvalue weighted by atomic mass is 9.82. The van der Waals surface area contributed by atoms with Crippen molar-refractivity contribution in [3.63, 3.8) is 0 Å². The van der Waals surface area contributed by atoms with Crippen LogP contribution in [0.4, 0.5) is 0 Å². The van der Waals surface area contributed by atoms with Gasteiger partial charge in [-0.15, -0.1) is 0 Å². The molecule has 0 saturated carbocycles. The van der Waals surface area contributed by atoms with Crippen LogP contribution in [-0.4, -0.2) is 32.9 Å². The van der Waals surface area contributed by atoms with Gasteiger partial charge in [-0.05, 0) is 31.9 Å². The molecule has 1 fully saturated rings. The van der Waals surface area contributed by atoms with Gasteiger partial charge < -0.3 is 14.8 Å². The van der Waals surface area contributed by atoms with Crippen LogP contribution >= 0.6 is 0 Å². The summed E-state index contributed by atoms with van der Waals surface area (Å²) < 4.78 is 11.4. The second kappa shape index (κ2) is 5.29. The van der Waals surface area contributed by atoms with Crippen molar-refractivity contribution in [3.05, 3.63) is 29.8 Å². The molecule has 2 heterocycles. The average molecular weight is 247 g/mol. The highest BCUT2D eigenvalue weighted by Gasteiger charge is 2.35. The molecule has 1 N–H and O–H groups in total. The zero-order chi connectivity index (χ0) is 12.4. The fourth-order valence-electron chi connectivity index (χ4n) is 3.30.